The summed E-state index contributed by atoms with van der Waals surface area (Å²) in [6.45, 7) is 27.6. The molecular formula is C92H115Br4N13O10. The van der Waals surface area contributed by atoms with Crippen LogP contribution in [0.25, 0.3) is 11.1 Å². The Labute approximate surface area is 733 Å². The molecule has 6 aromatic carbocycles. The van der Waals surface area contributed by atoms with Crippen molar-refractivity contribution in [1.82, 2.24) is 35.2 Å². The van der Waals surface area contributed by atoms with Crippen molar-refractivity contribution >= 4 is 134 Å². The maximum Gasteiger partial charge on any atom is 0.410 e. The summed E-state index contributed by atoms with van der Waals surface area (Å²) >= 11 is 13.9. The predicted molar refractivity (Wildman–Crippen MR) is 487 cm³/mol. The third-order valence-electron chi connectivity index (χ3n) is 26.5. The second-order valence-electron chi connectivity index (χ2n) is 34.8. The van der Waals surface area contributed by atoms with Crippen molar-refractivity contribution in [3.63, 3.8) is 0 Å². The van der Waals surface area contributed by atoms with Gasteiger partial charge in [-0.05, 0) is 309 Å². The van der Waals surface area contributed by atoms with E-state index in [9.17, 15) is 28.8 Å². The number of rotatable bonds is 8. The Morgan fingerprint density at radius 2 is 0.983 bits per heavy atom. The van der Waals surface area contributed by atoms with Crippen molar-refractivity contribution in [2.75, 3.05) is 158 Å². The largest absolute Gasteiger partial charge is 0.496 e. The highest BCUT2D eigenvalue weighted by Crippen LogP contribution is 2.51. The van der Waals surface area contributed by atoms with E-state index < -0.39 is 11.0 Å². The Kier molecular flexibility index (Phi) is 27.9. The van der Waals surface area contributed by atoms with Crippen molar-refractivity contribution in [1.29, 1.82) is 0 Å². The molecule has 5 amide bonds. The Morgan fingerprint density at radius 1 is 0.555 bits per heavy atom. The lowest BCUT2D eigenvalue weighted by molar-refractivity contribution is -0.123. The molecule has 0 saturated carbocycles. The summed E-state index contributed by atoms with van der Waals surface area (Å²) in [5.41, 5.74) is 16.3. The minimum Gasteiger partial charge on any atom is -0.496 e. The van der Waals surface area contributed by atoms with E-state index in [4.69, 9.17) is 19.0 Å². The Hall–Kier alpha value is -7.99. The number of piperidine rings is 5. The SMILES string of the molecule is C=O.CC(C)(C)OC(=O)N1CCC2(CC1)C(=O)Nc1cc(Br)ccc12.CCN(c1cc(-c2ccc3c(c2)NCC32CCN(C)CC2)cc(C(=O)NCc2c(OC)cc(C)[nH]c2=O)c1C)C1CCOCC1.CN1CCC2(CC1)C(=O)Nc1cc(Br)ccc12.CN1CCC2(CC1)CNc1cc(Br)ccc12.O=C1Nc2cc(Br)ccc2C12CCNCC2. The average molecular weight is 1880 g/mol. The molecule has 6 saturated heterocycles. The number of carbonyl (C=O) groups is 6. The molecule has 27 heteroatoms. The second-order valence-corrected chi connectivity index (χ2v) is 38.5. The topological polar surface area (TPSA) is 263 Å². The monoisotopic (exact) mass is 1880 g/mol. The Morgan fingerprint density at radius 3 is 1.45 bits per heavy atom. The van der Waals surface area contributed by atoms with Gasteiger partial charge in [-0.3, -0.25) is 24.0 Å². The summed E-state index contributed by atoms with van der Waals surface area (Å²) in [6.07, 6.45) is 11.4. The second kappa shape index (κ2) is 37.4. The maximum absolute atomic E-state index is 13.9. The zero-order valence-corrected chi connectivity index (χ0v) is 76.7. The van der Waals surface area contributed by atoms with Crippen LogP contribution in [0, 0.1) is 13.8 Å². The number of likely N-dealkylation sites (tertiary alicyclic amines) is 4. The van der Waals surface area contributed by atoms with E-state index in [0.717, 1.165) is 182 Å². The molecule has 0 aliphatic carbocycles. The van der Waals surface area contributed by atoms with Gasteiger partial charge in [0.1, 0.15) is 18.1 Å². The van der Waals surface area contributed by atoms with E-state index in [1.165, 1.54) is 71.1 Å². The highest BCUT2D eigenvalue weighted by Gasteiger charge is 2.52. The molecule has 0 unspecified atom stereocenters. The van der Waals surface area contributed by atoms with Crippen LogP contribution in [0.4, 0.5) is 38.9 Å². The van der Waals surface area contributed by atoms with Gasteiger partial charge in [0.25, 0.3) is 11.5 Å². The fourth-order valence-electron chi connectivity index (χ4n) is 19.4. The third-order valence-corrected chi connectivity index (χ3v) is 28.5. The Bertz CT molecular complexity index is 4970. The first-order valence-electron chi connectivity index (χ1n) is 41.8. The molecule has 636 valence electrons. The number of methoxy groups -OCH3 is 1. The fraction of sp³-hybridized carbons (Fsp3) is 0.489. The standard InChI is InChI=1S/C36H47N5O4.C17H21BrN2O3.C13H15BrN2O.C13H17BrN2.C12H13BrN2O.CH2O/c1-6-41(27-9-15-45-16-10-27)32-20-26(25-7-8-30-31(19-25)38-22-36(30)11-13-40(4)14-12-36)18-28(24(32)3)34(42)37-21-29-33(44-5)17-23(2)39-35(29)43;1-16(2,3)23-15(22)20-8-6-17(7-9-20)12-5-4-11(18)10-13(12)19-14(17)21;1-16-6-4-13(5-7-16)10-3-2-9(14)8-11(10)15-12(13)17;1-16-6-4-13(5-7-16)9-15-12-8-10(14)2-3-11(12)13;13-8-1-2-9-10(7-8)15-11(16)12(9)3-5-14-6-4-12;1-2/h7-8,17-20,27,38H,6,9-16,21-22H2,1-5H3,(H,37,42)(H,39,43);4-5,10H,6-9H2,1-3H3,(H,19,21);2-3,8H,4-7H2,1H3,(H,15,17);2-3,8,15H,4-7,9H2,1H3;1-2,7,14H,3-6H2,(H,15,16);1H2. The van der Waals surface area contributed by atoms with Crippen molar-refractivity contribution in [2.24, 2.45) is 0 Å². The molecule has 11 aliphatic heterocycles. The number of ether oxygens (including phenoxy) is 3. The molecule has 8 N–H and O–H groups in total. The van der Waals surface area contributed by atoms with Crippen molar-refractivity contribution in [3.05, 3.63) is 188 Å². The lowest BCUT2D eigenvalue weighted by Crippen LogP contribution is -2.49. The number of nitrogens with zero attached hydrogens (tertiary/aromatic N) is 5. The number of aromatic nitrogens is 1. The molecule has 0 atom stereocenters. The molecular weight excluding hydrogens is 1770 g/mol. The highest BCUT2D eigenvalue weighted by molar-refractivity contribution is 9.11. The molecule has 7 aromatic rings. The minimum absolute atomic E-state index is 0.0365. The van der Waals surface area contributed by atoms with E-state index >= 15 is 0 Å². The average Bonchev–Trinajstić information content (AvgIpc) is 1.59. The third kappa shape index (κ3) is 18.8. The van der Waals surface area contributed by atoms with Crippen LogP contribution in [0.3, 0.4) is 0 Å². The van der Waals surface area contributed by atoms with Crippen LogP contribution >= 0.6 is 63.7 Å². The van der Waals surface area contributed by atoms with E-state index in [1.54, 1.807) is 11.0 Å². The number of aryl methyl sites for hydroxylation is 1. The molecule has 0 bridgehead atoms. The van der Waals surface area contributed by atoms with E-state index in [1.807, 2.05) is 89.9 Å². The summed E-state index contributed by atoms with van der Waals surface area (Å²) in [5.74, 6) is 0.632. The van der Waals surface area contributed by atoms with Gasteiger partial charge in [0.2, 0.25) is 17.7 Å². The molecule has 11 aliphatic rings. The first-order chi connectivity index (χ1) is 57.0. The van der Waals surface area contributed by atoms with Crippen LogP contribution in [0.2, 0.25) is 0 Å². The smallest absolute Gasteiger partial charge is 0.410 e. The first-order valence-corrected chi connectivity index (χ1v) is 45.0. The summed E-state index contributed by atoms with van der Waals surface area (Å²) in [6, 6.07) is 37.9. The normalized spacial score (nSPS) is 19.9. The van der Waals surface area contributed by atoms with Gasteiger partial charge in [0.05, 0.1) is 35.5 Å². The summed E-state index contributed by atoms with van der Waals surface area (Å²) in [5, 5.41) is 22.6. The number of H-pyrrole nitrogens is 1. The van der Waals surface area contributed by atoms with E-state index in [0.29, 0.717) is 60.0 Å². The minimum atomic E-state index is -0.519. The van der Waals surface area contributed by atoms with Gasteiger partial charge >= 0.3 is 6.09 Å². The number of hydrogen-bond donors (Lipinski definition) is 8. The Balaban J connectivity index is 0.000000139. The van der Waals surface area contributed by atoms with Gasteiger partial charge in [0.15, 0.2) is 0 Å². The molecule has 1 aromatic heterocycles. The maximum atomic E-state index is 13.9. The van der Waals surface area contributed by atoms with Gasteiger partial charge < -0.3 is 85.7 Å². The van der Waals surface area contributed by atoms with Crippen LogP contribution in [0.5, 0.6) is 5.75 Å². The lowest BCUT2D eigenvalue weighted by atomic mass is 9.74. The van der Waals surface area contributed by atoms with Crippen molar-refractivity contribution in [2.45, 2.75) is 164 Å². The summed E-state index contributed by atoms with van der Waals surface area (Å²) in [4.78, 5) is 98.0. The van der Waals surface area contributed by atoms with Crippen LogP contribution < -0.4 is 52.4 Å². The number of pyridine rings is 1. The highest BCUT2D eigenvalue weighted by atomic mass is 79.9. The number of benzene rings is 6. The molecule has 18 rings (SSSR count). The molecule has 119 heavy (non-hydrogen) atoms. The van der Waals surface area contributed by atoms with Gasteiger partial charge in [-0.1, -0.05) is 100 Å². The zero-order valence-electron chi connectivity index (χ0n) is 70.3. The number of nitrogens with one attached hydrogen (secondary N) is 8. The molecule has 6 fully saturated rings. The van der Waals surface area contributed by atoms with E-state index in [2.05, 4.69) is 208 Å². The van der Waals surface area contributed by atoms with Gasteiger partial charge in [-0.15, -0.1) is 0 Å². The zero-order chi connectivity index (χ0) is 84.9. The van der Waals surface area contributed by atoms with Crippen LogP contribution in [0.1, 0.15) is 160 Å². The molecule has 0 radical (unpaired) electrons. The molecule has 5 spiro atoms. The van der Waals surface area contributed by atoms with Gasteiger partial charge in [-0.2, -0.15) is 0 Å². The number of carbonyl (C=O) groups excluding carboxylic acids is 6. The fourth-order valence-corrected chi connectivity index (χ4v) is 20.9. The van der Waals surface area contributed by atoms with Crippen LogP contribution in [-0.2, 0) is 62.3 Å². The van der Waals surface area contributed by atoms with Crippen LogP contribution in [0.15, 0.2) is 132 Å². The summed E-state index contributed by atoms with van der Waals surface area (Å²) in [7, 11) is 8.08. The number of halogens is 4. The van der Waals surface area contributed by atoms with Gasteiger partial charge in [0, 0.05) is 126 Å². The predicted octanol–water partition coefficient (Wildman–Crippen LogP) is 15.7. The van der Waals surface area contributed by atoms with E-state index in [-0.39, 0.29) is 58.1 Å². The summed E-state index contributed by atoms with van der Waals surface area (Å²) < 4.78 is 20.7. The number of anilines is 6. The molecule has 23 nitrogen and oxygen atoms in total. The first kappa shape index (κ1) is 88.8. The van der Waals surface area contributed by atoms with Crippen molar-refractivity contribution in [3.8, 4) is 16.9 Å². The van der Waals surface area contributed by atoms with Crippen LogP contribution in [-0.4, -0.2) is 199 Å². The number of fused-ring (bicyclic) bond motifs is 10. The number of hydrogen-bond acceptors (Lipinski definition) is 17. The lowest BCUT2D eigenvalue weighted by Gasteiger charge is -2.38. The quantitative estimate of drug-likeness (QED) is 0.0703. The number of aromatic amines is 1. The van der Waals surface area contributed by atoms with Crippen molar-refractivity contribution < 1.29 is 43.0 Å². The molecule has 12 heterocycles. The number of amides is 5. The van der Waals surface area contributed by atoms with Gasteiger partial charge in [-0.25, -0.2) is 4.79 Å².